The number of morpholine rings is 1. The number of aryl methyl sites for hydroxylation is 1. The highest BCUT2D eigenvalue weighted by atomic mass is 16.5. The van der Waals surface area contributed by atoms with Crippen molar-refractivity contribution in [3.8, 4) is 0 Å². The lowest BCUT2D eigenvalue weighted by molar-refractivity contribution is -0.133. The van der Waals surface area contributed by atoms with Gasteiger partial charge in [0.1, 0.15) is 5.82 Å². The van der Waals surface area contributed by atoms with E-state index in [1.807, 2.05) is 15.7 Å². The summed E-state index contributed by atoms with van der Waals surface area (Å²) in [5.74, 6) is 0.992. The molecule has 1 amide bonds. The van der Waals surface area contributed by atoms with Crippen LogP contribution in [0.15, 0.2) is 12.4 Å². The fourth-order valence-corrected chi connectivity index (χ4v) is 4.25. The number of ether oxygens (including phenoxy) is 2. The maximum Gasteiger partial charge on any atom is 0.503 e. The van der Waals surface area contributed by atoms with E-state index in [9.17, 15) is 9.59 Å². The minimum absolute atomic E-state index is 0.00173. The number of piperidine rings is 1. The van der Waals surface area contributed by atoms with Gasteiger partial charge in [0, 0.05) is 63.9 Å². The summed E-state index contributed by atoms with van der Waals surface area (Å²) in [7, 11) is 0. The standard InChI is InChI=1S/C22H36N4O4/c1-2-3-4-15-30-22(28)18-26-12-9-23-20(26)5-6-21(27)25-10-7-19(8-11-25)24-13-16-29-17-14-24/h9,12,19H,2-8,10-11,13-18H2,1H3/p+1. The molecule has 0 saturated carbocycles. The maximum absolute atomic E-state index is 12.7. The molecule has 1 aromatic rings. The van der Waals surface area contributed by atoms with Crippen LogP contribution in [-0.4, -0.2) is 88.1 Å². The van der Waals surface area contributed by atoms with Gasteiger partial charge < -0.3 is 23.7 Å². The Bertz CT molecular complexity index is 664. The zero-order valence-electron chi connectivity index (χ0n) is 18.3. The third kappa shape index (κ3) is 6.80. The van der Waals surface area contributed by atoms with Crippen molar-refractivity contribution in [3.05, 3.63) is 18.2 Å². The number of amides is 1. The van der Waals surface area contributed by atoms with Gasteiger partial charge in [0.15, 0.2) is 13.2 Å². The molecule has 0 radical (unpaired) electrons. The van der Waals surface area contributed by atoms with E-state index < -0.39 is 0 Å². The van der Waals surface area contributed by atoms with Crippen molar-refractivity contribution in [2.24, 2.45) is 0 Å². The number of imidazole rings is 1. The fourth-order valence-electron chi connectivity index (χ4n) is 4.25. The molecule has 3 heterocycles. The van der Waals surface area contributed by atoms with E-state index >= 15 is 0 Å². The lowest BCUT2D eigenvalue weighted by atomic mass is 10.0. The van der Waals surface area contributed by atoms with Crippen LogP contribution < -0.4 is 0 Å². The summed E-state index contributed by atoms with van der Waals surface area (Å²) in [6.07, 6.45) is 9.77. The Morgan fingerprint density at radius 2 is 2.00 bits per heavy atom. The molecule has 2 aliphatic rings. The van der Waals surface area contributed by atoms with E-state index in [0.29, 0.717) is 25.5 Å². The van der Waals surface area contributed by atoms with Crippen LogP contribution in [0.1, 0.15) is 51.3 Å². The quantitative estimate of drug-likeness (QED) is 0.327. The van der Waals surface area contributed by atoms with Gasteiger partial charge in [-0.05, 0) is 19.3 Å². The molecule has 1 aromatic heterocycles. The van der Waals surface area contributed by atoms with Crippen LogP contribution in [0.5, 0.6) is 0 Å². The maximum atomic E-state index is 12.7. The van der Waals surface area contributed by atoms with Crippen LogP contribution in [-0.2, 0) is 27.2 Å². The fraction of sp³-hybridized carbons (Fsp3) is 0.773. The minimum Gasteiger partial charge on any atom is -0.379 e. The molecule has 0 aliphatic carbocycles. The van der Waals surface area contributed by atoms with E-state index in [0.717, 1.165) is 77.3 Å². The number of hydrogen-bond acceptors (Lipinski definition) is 5. The number of hydrogen-bond donors (Lipinski definition) is 0. The molecular weight excluding hydrogens is 384 g/mol. The smallest absolute Gasteiger partial charge is 0.379 e. The Morgan fingerprint density at radius 1 is 1.23 bits per heavy atom. The van der Waals surface area contributed by atoms with Crippen molar-refractivity contribution in [1.29, 1.82) is 0 Å². The highest BCUT2D eigenvalue weighted by Crippen LogP contribution is 2.18. The molecule has 3 rings (SSSR count). The third-order valence-corrected chi connectivity index (χ3v) is 6.07. The topological polar surface area (TPSA) is 81.2 Å². The molecule has 168 valence electrons. The molecule has 2 saturated heterocycles. The summed E-state index contributed by atoms with van der Waals surface area (Å²) in [5, 5.41) is 0. The molecule has 30 heavy (non-hydrogen) atoms. The minimum atomic E-state index is 0.00173. The van der Waals surface area contributed by atoms with E-state index in [1.54, 1.807) is 6.20 Å². The zero-order chi connectivity index (χ0) is 21.2. The van der Waals surface area contributed by atoms with Gasteiger partial charge in [-0.2, -0.15) is 0 Å². The van der Waals surface area contributed by atoms with Gasteiger partial charge in [-0.3, -0.25) is 9.69 Å². The van der Waals surface area contributed by atoms with Crippen molar-refractivity contribution in [1.82, 2.24) is 19.4 Å². The molecule has 0 unspecified atom stereocenters. The van der Waals surface area contributed by atoms with Crippen molar-refractivity contribution < 1.29 is 19.1 Å². The number of rotatable bonds is 10. The molecule has 0 atom stereocenters. The molecular formula is C22H37N4O4+. The molecule has 2 fully saturated rings. The Hall–Kier alpha value is -1.93. The molecule has 8 heteroatoms. The third-order valence-electron chi connectivity index (χ3n) is 6.07. The summed E-state index contributed by atoms with van der Waals surface area (Å²) >= 11 is 0. The highest BCUT2D eigenvalue weighted by Gasteiger charge is 2.27. The van der Waals surface area contributed by atoms with Gasteiger partial charge in [-0.15, -0.1) is 0 Å². The van der Waals surface area contributed by atoms with Crippen LogP contribution in [0.4, 0.5) is 0 Å². The van der Waals surface area contributed by atoms with Gasteiger partial charge in [-0.25, -0.2) is 4.98 Å². The number of esters is 1. The SMILES string of the molecule is CCCCCOC(=[OH+])Cn1ccnc1CCC(=O)N1CCC(N2CCOCC2)CC1. The predicted octanol–water partition coefficient (Wildman–Crippen LogP) is 1.85. The molecule has 0 bridgehead atoms. The summed E-state index contributed by atoms with van der Waals surface area (Å²) in [5.41, 5.74) is 0. The van der Waals surface area contributed by atoms with E-state index in [4.69, 9.17) is 9.47 Å². The Labute approximate surface area is 179 Å². The first-order valence-corrected chi connectivity index (χ1v) is 11.4. The van der Waals surface area contributed by atoms with Crippen LogP contribution in [0.25, 0.3) is 0 Å². The van der Waals surface area contributed by atoms with Crippen LogP contribution in [0.2, 0.25) is 0 Å². The summed E-state index contributed by atoms with van der Waals surface area (Å²) < 4.78 is 12.7. The molecule has 1 N–H and O–H groups in total. The van der Waals surface area contributed by atoms with Crippen LogP contribution in [0, 0.1) is 0 Å². The molecule has 2 aliphatic heterocycles. The molecule has 8 nitrogen and oxygen atoms in total. The zero-order valence-corrected chi connectivity index (χ0v) is 18.3. The summed E-state index contributed by atoms with van der Waals surface area (Å²) in [4.78, 5) is 31.6. The second kappa shape index (κ2) is 12.1. The van der Waals surface area contributed by atoms with Gasteiger partial charge >= 0.3 is 5.97 Å². The predicted molar refractivity (Wildman–Crippen MR) is 115 cm³/mol. The lowest BCUT2D eigenvalue weighted by Crippen LogP contribution is -2.50. The number of aromatic nitrogens is 2. The number of carbonyl (C=O) groups is 1. The number of carbonyl (C=O) groups excluding carboxylic acids is 2. The second-order valence-corrected chi connectivity index (χ2v) is 8.18. The Morgan fingerprint density at radius 3 is 2.73 bits per heavy atom. The average Bonchev–Trinajstić information content (AvgIpc) is 3.22. The first-order chi connectivity index (χ1) is 14.7. The number of nitrogens with zero attached hydrogens (tertiary/aromatic N) is 4. The summed E-state index contributed by atoms with van der Waals surface area (Å²) in [6.45, 7) is 8.25. The Balaban J connectivity index is 1.38. The van der Waals surface area contributed by atoms with Gasteiger partial charge in [-0.1, -0.05) is 13.3 Å². The highest BCUT2D eigenvalue weighted by molar-refractivity contribution is 5.76. The molecule has 0 spiro atoms. The van der Waals surface area contributed by atoms with Crippen molar-refractivity contribution in [2.75, 3.05) is 46.0 Å². The van der Waals surface area contributed by atoms with Crippen molar-refractivity contribution >= 4 is 11.9 Å². The van der Waals surface area contributed by atoms with Gasteiger partial charge in [0.25, 0.3) is 0 Å². The first-order valence-electron chi connectivity index (χ1n) is 11.4. The monoisotopic (exact) mass is 421 g/mol. The van der Waals surface area contributed by atoms with E-state index in [-0.39, 0.29) is 18.4 Å². The average molecular weight is 422 g/mol. The van der Waals surface area contributed by atoms with Crippen molar-refractivity contribution in [2.45, 2.75) is 64.5 Å². The largest absolute Gasteiger partial charge is 0.503 e. The van der Waals surface area contributed by atoms with Gasteiger partial charge in [0.05, 0.1) is 13.2 Å². The number of unbranched alkanes of at least 4 members (excludes halogenated alkanes) is 2. The van der Waals surface area contributed by atoms with E-state index in [1.165, 1.54) is 0 Å². The summed E-state index contributed by atoms with van der Waals surface area (Å²) in [6, 6.07) is 0.577. The first kappa shape index (κ1) is 22.7. The van der Waals surface area contributed by atoms with Crippen LogP contribution in [0.3, 0.4) is 0 Å². The number of likely N-dealkylation sites (tertiary alicyclic amines) is 1. The lowest BCUT2D eigenvalue weighted by Gasteiger charge is -2.40. The Kier molecular flexibility index (Phi) is 9.14. The van der Waals surface area contributed by atoms with Crippen LogP contribution >= 0.6 is 0 Å². The van der Waals surface area contributed by atoms with Crippen molar-refractivity contribution in [3.63, 3.8) is 0 Å². The molecule has 0 aromatic carbocycles. The second-order valence-electron chi connectivity index (χ2n) is 8.18. The normalized spacial score (nSPS) is 18.5. The van der Waals surface area contributed by atoms with Gasteiger partial charge in [0.2, 0.25) is 5.91 Å². The van der Waals surface area contributed by atoms with E-state index in [2.05, 4.69) is 16.8 Å².